The number of ether oxygens (including phenoxy) is 1. The van der Waals surface area contributed by atoms with Crippen molar-refractivity contribution in [2.75, 3.05) is 13.7 Å². The molecule has 0 bridgehead atoms. The zero-order chi connectivity index (χ0) is 17.8. The molecule has 1 atom stereocenters. The second-order valence-electron chi connectivity index (χ2n) is 5.67. The summed E-state index contributed by atoms with van der Waals surface area (Å²) in [5.74, 6) is 0.568. The molecule has 0 aliphatic heterocycles. The molecule has 0 aliphatic carbocycles. The number of hydrogen-bond donors (Lipinski definition) is 2. The fraction of sp³-hybridized carbons (Fsp3) is 0.438. The Labute approximate surface area is 137 Å². The largest absolute Gasteiger partial charge is 0.416 e. The Kier molecular flexibility index (Phi) is 5.63. The molecule has 2 rings (SSSR count). The highest BCUT2D eigenvalue weighted by atomic mass is 19.4. The number of benzene rings is 1. The van der Waals surface area contributed by atoms with Gasteiger partial charge < -0.3 is 19.7 Å². The molecule has 0 radical (unpaired) electrons. The van der Waals surface area contributed by atoms with Crippen molar-refractivity contribution in [3.8, 4) is 0 Å². The maximum atomic E-state index is 12.8. The topological polar surface area (TPSA) is 67.5 Å². The summed E-state index contributed by atoms with van der Waals surface area (Å²) in [5.41, 5.74) is -1.45. The van der Waals surface area contributed by atoms with Crippen LogP contribution in [0.4, 0.5) is 13.2 Å². The van der Waals surface area contributed by atoms with Gasteiger partial charge in [0, 0.05) is 26.3 Å². The van der Waals surface area contributed by atoms with Crippen LogP contribution in [0.5, 0.6) is 0 Å². The van der Waals surface area contributed by atoms with Crippen LogP contribution in [0.25, 0.3) is 0 Å². The average Bonchev–Trinajstić information content (AvgIpc) is 2.94. The van der Waals surface area contributed by atoms with Crippen molar-refractivity contribution in [3.05, 3.63) is 52.9 Å². The van der Waals surface area contributed by atoms with E-state index in [0.717, 1.165) is 12.1 Å². The quantitative estimate of drug-likeness (QED) is 0.808. The molecule has 0 aliphatic rings. The molecule has 0 saturated carbocycles. The van der Waals surface area contributed by atoms with Gasteiger partial charge in [0.25, 0.3) is 0 Å². The first kappa shape index (κ1) is 18.4. The summed E-state index contributed by atoms with van der Waals surface area (Å²) in [7, 11) is 1.53. The highest BCUT2D eigenvalue weighted by Gasteiger charge is 2.32. The van der Waals surface area contributed by atoms with Gasteiger partial charge in [0.15, 0.2) is 5.76 Å². The molecule has 2 N–H and O–H groups in total. The van der Waals surface area contributed by atoms with E-state index in [4.69, 9.17) is 9.26 Å². The van der Waals surface area contributed by atoms with Gasteiger partial charge in [-0.3, -0.25) is 0 Å². The van der Waals surface area contributed by atoms with Crippen molar-refractivity contribution in [1.82, 2.24) is 10.5 Å². The fourth-order valence-corrected chi connectivity index (χ4v) is 2.22. The van der Waals surface area contributed by atoms with E-state index in [9.17, 15) is 18.3 Å². The number of aromatic nitrogens is 1. The molecule has 132 valence electrons. The Morgan fingerprint density at radius 3 is 2.62 bits per heavy atom. The van der Waals surface area contributed by atoms with E-state index < -0.39 is 17.3 Å². The van der Waals surface area contributed by atoms with E-state index in [1.165, 1.54) is 26.2 Å². The molecule has 0 fully saturated rings. The zero-order valence-electron chi connectivity index (χ0n) is 13.4. The highest BCUT2D eigenvalue weighted by molar-refractivity contribution is 5.29. The first-order chi connectivity index (χ1) is 11.2. The summed E-state index contributed by atoms with van der Waals surface area (Å²) < 4.78 is 48.2. The first-order valence-electron chi connectivity index (χ1n) is 7.26. The van der Waals surface area contributed by atoms with Gasteiger partial charge in [0.1, 0.15) is 6.61 Å². The lowest BCUT2D eigenvalue weighted by molar-refractivity contribution is -0.137. The van der Waals surface area contributed by atoms with Crippen molar-refractivity contribution < 1.29 is 27.5 Å². The third-order valence-corrected chi connectivity index (χ3v) is 3.48. The lowest BCUT2D eigenvalue weighted by atomic mass is 9.94. The van der Waals surface area contributed by atoms with Crippen LogP contribution in [0.3, 0.4) is 0 Å². The zero-order valence-corrected chi connectivity index (χ0v) is 13.4. The van der Waals surface area contributed by atoms with E-state index in [2.05, 4.69) is 10.5 Å². The van der Waals surface area contributed by atoms with Crippen LogP contribution in [-0.4, -0.2) is 23.9 Å². The summed E-state index contributed by atoms with van der Waals surface area (Å²) in [5, 5.41) is 17.2. The molecule has 0 amide bonds. The molecule has 1 heterocycles. The van der Waals surface area contributed by atoms with Crippen LogP contribution in [0.2, 0.25) is 0 Å². The smallest absolute Gasteiger partial charge is 0.384 e. The number of methoxy groups -OCH3 is 1. The number of halogens is 3. The Balaban J connectivity index is 1.97. The molecule has 2 aromatic rings. The van der Waals surface area contributed by atoms with E-state index in [-0.39, 0.29) is 12.1 Å². The number of rotatable bonds is 7. The summed E-state index contributed by atoms with van der Waals surface area (Å²) in [4.78, 5) is 0. The number of aliphatic hydroxyl groups is 1. The molecule has 1 aromatic carbocycles. The lowest BCUT2D eigenvalue weighted by Crippen LogP contribution is -2.35. The number of nitrogens with one attached hydrogen (secondary N) is 1. The third kappa shape index (κ3) is 4.80. The molecule has 8 heteroatoms. The first-order valence-corrected chi connectivity index (χ1v) is 7.26. The second kappa shape index (κ2) is 7.33. The van der Waals surface area contributed by atoms with E-state index in [1.54, 1.807) is 6.07 Å². The standard InChI is InChI=1S/C16H19F3N2O3/c1-15(22,11-4-3-5-12(6-11)16(17,18)19)10-20-8-13-7-14(9-23-2)24-21-13/h3-7,20,22H,8-10H2,1-2H3. The number of nitrogens with zero attached hydrogens (tertiary/aromatic N) is 1. The van der Waals surface area contributed by atoms with Gasteiger partial charge in [-0.1, -0.05) is 17.3 Å². The minimum atomic E-state index is -4.45. The van der Waals surface area contributed by atoms with Crippen molar-refractivity contribution >= 4 is 0 Å². The van der Waals surface area contributed by atoms with Crippen molar-refractivity contribution in [2.24, 2.45) is 0 Å². The van der Waals surface area contributed by atoms with Crippen molar-refractivity contribution in [2.45, 2.75) is 31.9 Å². The maximum absolute atomic E-state index is 12.8. The SMILES string of the molecule is COCc1cc(CNCC(C)(O)c2cccc(C(F)(F)F)c2)no1. The molecular weight excluding hydrogens is 325 g/mol. The van der Waals surface area contributed by atoms with Crippen LogP contribution in [0.15, 0.2) is 34.9 Å². The van der Waals surface area contributed by atoms with Gasteiger partial charge in [0.2, 0.25) is 0 Å². The lowest BCUT2D eigenvalue weighted by Gasteiger charge is -2.25. The normalized spacial score (nSPS) is 14.6. The van der Waals surface area contributed by atoms with Crippen LogP contribution >= 0.6 is 0 Å². The number of alkyl halides is 3. The summed E-state index contributed by atoms with van der Waals surface area (Å²) in [6.07, 6.45) is -4.45. The minimum absolute atomic E-state index is 0.0563. The van der Waals surface area contributed by atoms with Crippen molar-refractivity contribution in [3.63, 3.8) is 0 Å². The van der Waals surface area contributed by atoms with Gasteiger partial charge in [-0.25, -0.2) is 0 Å². The van der Waals surface area contributed by atoms with E-state index >= 15 is 0 Å². The van der Waals surface area contributed by atoms with Gasteiger partial charge in [-0.15, -0.1) is 0 Å². The van der Waals surface area contributed by atoms with Crippen LogP contribution in [-0.2, 0) is 29.7 Å². The van der Waals surface area contributed by atoms with Gasteiger partial charge >= 0.3 is 6.18 Å². The Morgan fingerprint density at radius 1 is 1.25 bits per heavy atom. The summed E-state index contributed by atoms with van der Waals surface area (Å²) in [6.45, 7) is 2.12. The average molecular weight is 344 g/mol. The fourth-order valence-electron chi connectivity index (χ4n) is 2.22. The molecule has 1 unspecified atom stereocenters. The van der Waals surface area contributed by atoms with Crippen molar-refractivity contribution in [1.29, 1.82) is 0 Å². The number of hydrogen-bond acceptors (Lipinski definition) is 5. The van der Waals surface area contributed by atoms with Crippen LogP contribution in [0.1, 0.15) is 29.5 Å². The van der Waals surface area contributed by atoms with E-state index in [1.807, 2.05) is 0 Å². The van der Waals surface area contributed by atoms with E-state index in [0.29, 0.717) is 24.6 Å². The maximum Gasteiger partial charge on any atom is 0.416 e. The van der Waals surface area contributed by atoms with Crippen LogP contribution < -0.4 is 5.32 Å². The Bertz CT molecular complexity index is 669. The van der Waals surface area contributed by atoms with Gasteiger partial charge in [-0.2, -0.15) is 13.2 Å². The predicted octanol–water partition coefficient (Wildman–Crippen LogP) is 2.84. The monoisotopic (exact) mass is 344 g/mol. The molecule has 5 nitrogen and oxygen atoms in total. The Hall–Kier alpha value is -1.90. The molecule has 0 spiro atoms. The Morgan fingerprint density at radius 2 is 1.96 bits per heavy atom. The summed E-state index contributed by atoms with van der Waals surface area (Å²) >= 11 is 0. The summed E-state index contributed by atoms with van der Waals surface area (Å²) in [6, 6.07) is 6.37. The molecule has 0 saturated heterocycles. The molecular formula is C16H19F3N2O3. The minimum Gasteiger partial charge on any atom is -0.384 e. The third-order valence-electron chi connectivity index (χ3n) is 3.48. The van der Waals surface area contributed by atoms with Gasteiger partial charge in [0.05, 0.1) is 16.9 Å². The molecule has 24 heavy (non-hydrogen) atoms. The van der Waals surface area contributed by atoms with Gasteiger partial charge in [-0.05, 0) is 24.6 Å². The highest BCUT2D eigenvalue weighted by Crippen LogP contribution is 2.31. The second-order valence-corrected chi connectivity index (χ2v) is 5.67. The van der Waals surface area contributed by atoms with Crippen LogP contribution in [0, 0.1) is 0 Å². The molecule has 1 aromatic heterocycles. The predicted molar refractivity (Wildman–Crippen MR) is 79.9 cm³/mol.